The van der Waals surface area contributed by atoms with E-state index in [1.54, 1.807) is 11.1 Å². The molecule has 0 radical (unpaired) electrons. The molecule has 1 saturated heterocycles. The van der Waals surface area contributed by atoms with Crippen molar-refractivity contribution in [1.29, 1.82) is 0 Å². The van der Waals surface area contributed by atoms with Gasteiger partial charge in [0.05, 0.1) is 28.7 Å². The quantitative estimate of drug-likeness (QED) is 0.778. The van der Waals surface area contributed by atoms with Crippen molar-refractivity contribution in [2.24, 2.45) is 0 Å². The molecule has 0 unspecified atom stereocenters. The van der Waals surface area contributed by atoms with Crippen molar-refractivity contribution in [1.82, 2.24) is 4.98 Å². The third-order valence-electron chi connectivity index (χ3n) is 4.91. The molecule has 3 rings (SSSR count). The molecule has 0 aliphatic carbocycles. The van der Waals surface area contributed by atoms with Crippen LogP contribution in [-0.2, 0) is 20.5 Å². The molecular weight excluding hydrogens is 307 g/mol. The van der Waals surface area contributed by atoms with E-state index in [-0.39, 0.29) is 12.2 Å². The summed E-state index contributed by atoms with van der Waals surface area (Å²) in [6.45, 7) is 12.3. The molecule has 24 heavy (non-hydrogen) atoms. The molecule has 0 spiro atoms. The summed E-state index contributed by atoms with van der Waals surface area (Å²) in [5.41, 5.74) is 1.68. The fraction of sp³-hybridized carbons (Fsp3) is 0.647. The van der Waals surface area contributed by atoms with E-state index < -0.39 is 18.3 Å². The summed E-state index contributed by atoms with van der Waals surface area (Å²) in [5.74, 6) is 0. The highest BCUT2D eigenvalue weighted by Crippen LogP contribution is 2.37. The second kappa shape index (κ2) is 5.74. The second-order valence-electron chi connectivity index (χ2n) is 7.66. The maximum atomic E-state index is 12.3. The number of amides is 1. The molecule has 1 aromatic heterocycles. The Morgan fingerprint density at radius 2 is 1.92 bits per heavy atom. The number of ether oxygens (including phenoxy) is 1. The van der Waals surface area contributed by atoms with E-state index in [4.69, 9.17) is 14.0 Å². The van der Waals surface area contributed by atoms with Gasteiger partial charge in [-0.25, -0.2) is 4.79 Å². The monoisotopic (exact) mass is 332 g/mol. The topological polar surface area (TPSA) is 60.9 Å². The lowest BCUT2D eigenvalue weighted by Crippen LogP contribution is -2.41. The highest BCUT2D eigenvalue weighted by atomic mass is 16.7. The molecule has 3 heterocycles. The first kappa shape index (κ1) is 17.2. The van der Waals surface area contributed by atoms with E-state index >= 15 is 0 Å². The molecular formula is C17H25BN2O4. The van der Waals surface area contributed by atoms with Gasteiger partial charge in [0.1, 0.15) is 0 Å². The van der Waals surface area contributed by atoms with Gasteiger partial charge in [-0.15, -0.1) is 0 Å². The van der Waals surface area contributed by atoms with Crippen molar-refractivity contribution in [3.05, 3.63) is 18.0 Å². The van der Waals surface area contributed by atoms with E-state index in [1.165, 1.54) is 0 Å². The van der Waals surface area contributed by atoms with E-state index in [9.17, 15) is 4.79 Å². The Hall–Kier alpha value is -1.60. The number of fused-ring (bicyclic) bond motifs is 1. The minimum atomic E-state index is -0.489. The smallest absolute Gasteiger partial charge is 0.446 e. The lowest BCUT2D eigenvalue weighted by Gasteiger charge is -2.32. The van der Waals surface area contributed by atoms with Crippen LogP contribution in [0.1, 0.15) is 47.2 Å². The molecule has 130 valence electrons. The molecule has 1 amide bonds. The van der Waals surface area contributed by atoms with Gasteiger partial charge in [0.25, 0.3) is 0 Å². The SMILES string of the molecule is CC(C)OC(=O)N1CCc2ncc(B3OC(C)(C)C(C)(C)O3)cc21. The summed E-state index contributed by atoms with van der Waals surface area (Å²) in [6, 6.07) is 1.93. The predicted octanol–water partition coefficient (Wildman–Crippen LogP) is 2.29. The van der Waals surface area contributed by atoms with Crippen molar-refractivity contribution >= 4 is 24.4 Å². The summed E-state index contributed by atoms with van der Waals surface area (Å²) in [6.07, 6.45) is 2.02. The molecule has 0 bridgehead atoms. The lowest BCUT2D eigenvalue weighted by atomic mass is 9.80. The van der Waals surface area contributed by atoms with E-state index in [0.717, 1.165) is 23.3 Å². The fourth-order valence-electron chi connectivity index (χ4n) is 2.82. The number of anilines is 1. The Bertz CT molecular complexity index is 644. The fourth-order valence-corrected chi connectivity index (χ4v) is 2.82. The molecule has 1 aromatic rings. The van der Waals surface area contributed by atoms with Gasteiger partial charge in [-0.05, 0) is 47.6 Å². The Kier molecular flexibility index (Phi) is 4.12. The third-order valence-corrected chi connectivity index (χ3v) is 4.91. The number of carbonyl (C=O) groups excluding carboxylic acids is 1. The molecule has 2 aliphatic heterocycles. The van der Waals surface area contributed by atoms with E-state index in [0.29, 0.717) is 6.54 Å². The van der Waals surface area contributed by atoms with Gasteiger partial charge in [0, 0.05) is 24.6 Å². The number of hydrogen-bond donors (Lipinski definition) is 0. The maximum absolute atomic E-state index is 12.3. The average Bonchev–Trinajstić information content (AvgIpc) is 2.96. The van der Waals surface area contributed by atoms with Crippen LogP contribution in [0.15, 0.2) is 12.3 Å². The maximum Gasteiger partial charge on any atom is 0.496 e. The van der Waals surface area contributed by atoms with E-state index in [1.807, 2.05) is 47.6 Å². The number of hydrogen-bond acceptors (Lipinski definition) is 5. The molecule has 6 nitrogen and oxygen atoms in total. The van der Waals surface area contributed by atoms with Crippen molar-refractivity contribution < 1.29 is 18.8 Å². The van der Waals surface area contributed by atoms with Crippen LogP contribution in [0.2, 0.25) is 0 Å². The molecule has 0 N–H and O–H groups in total. The highest BCUT2D eigenvalue weighted by molar-refractivity contribution is 6.62. The standard InChI is InChI=1S/C17H25BN2O4/c1-11(2)22-15(21)20-8-7-13-14(20)9-12(10-19-13)18-23-16(3,4)17(5,6)24-18/h9-11H,7-8H2,1-6H3. The second-order valence-corrected chi connectivity index (χ2v) is 7.66. The average molecular weight is 332 g/mol. The van der Waals surface area contributed by atoms with Crippen LogP contribution < -0.4 is 10.4 Å². The Morgan fingerprint density at radius 3 is 2.50 bits per heavy atom. The Morgan fingerprint density at radius 1 is 1.29 bits per heavy atom. The summed E-state index contributed by atoms with van der Waals surface area (Å²) in [4.78, 5) is 18.4. The predicted molar refractivity (Wildman–Crippen MR) is 92.6 cm³/mol. The third kappa shape index (κ3) is 2.91. The van der Waals surface area contributed by atoms with Crippen LogP contribution in [0.25, 0.3) is 0 Å². The van der Waals surface area contributed by atoms with Crippen LogP contribution in [-0.4, -0.2) is 42.0 Å². The molecule has 2 aliphatic rings. The first-order chi connectivity index (χ1) is 11.1. The molecule has 0 atom stereocenters. The Balaban J connectivity index is 1.86. The van der Waals surface area contributed by atoms with Crippen molar-refractivity contribution in [3.8, 4) is 0 Å². The number of aromatic nitrogens is 1. The first-order valence-electron chi connectivity index (χ1n) is 8.43. The zero-order valence-electron chi connectivity index (χ0n) is 15.3. The summed E-state index contributed by atoms with van der Waals surface area (Å²) in [7, 11) is -0.489. The minimum Gasteiger partial charge on any atom is -0.446 e. The van der Waals surface area contributed by atoms with Crippen LogP contribution >= 0.6 is 0 Å². The Labute approximate surface area is 143 Å². The summed E-state index contributed by atoms with van der Waals surface area (Å²) in [5, 5.41) is 0. The van der Waals surface area contributed by atoms with Crippen LogP contribution in [0.3, 0.4) is 0 Å². The molecule has 1 fully saturated rings. The number of nitrogens with zero attached hydrogens (tertiary/aromatic N) is 2. The van der Waals surface area contributed by atoms with Crippen molar-refractivity contribution in [2.45, 2.75) is 65.3 Å². The van der Waals surface area contributed by atoms with Crippen LogP contribution in [0.4, 0.5) is 10.5 Å². The van der Waals surface area contributed by atoms with Crippen LogP contribution in [0, 0.1) is 0 Å². The molecule has 0 saturated carbocycles. The molecule has 7 heteroatoms. The summed E-state index contributed by atoms with van der Waals surface area (Å²) >= 11 is 0. The summed E-state index contributed by atoms with van der Waals surface area (Å²) < 4.78 is 17.5. The number of pyridine rings is 1. The zero-order valence-corrected chi connectivity index (χ0v) is 15.3. The molecule has 0 aromatic carbocycles. The van der Waals surface area contributed by atoms with Gasteiger partial charge < -0.3 is 14.0 Å². The van der Waals surface area contributed by atoms with Gasteiger partial charge in [-0.1, -0.05) is 0 Å². The van der Waals surface area contributed by atoms with Crippen molar-refractivity contribution in [3.63, 3.8) is 0 Å². The van der Waals surface area contributed by atoms with E-state index in [2.05, 4.69) is 4.98 Å². The van der Waals surface area contributed by atoms with Gasteiger partial charge in [-0.2, -0.15) is 0 Å². The normalized spacial score (nSPS) is 21.3. The van der Waals surface area contributed by atoms with Crippen LogP contribution in [0.5, 0.6) is 0 Å². The van der Waals surface area contributed by atoms with Gasteiger partial charge in [-0.3, -0.25) is 9.88 Å². The number of rotatable bonds is 2. The lowest BCUT2D eigenvalue weighted by molar-refractivity contribution is 0.00578. The van der Waals surface area contributed by atoms with Gasteiger partial charge in [0.15, 0.2) is 0 Å². The first-order valence-corrected chi connectivity index (χ1v) is 8.43. The number of carbonyl (C=O) groups is 1. The van der Waals surface area contributed by atoms with Gasteiger partial charge in [0.2, 0.25) is 0 Å². The minimum absolute atomic E-state index is 0.152. The highest BCUT2D eigenvalue weighted by Gasteiger charge is 2.52. The zero-order chi connectivity index (χ0) is 17.7. The van der Waals surface area contributed by atoms with Crippen molar-refractivity contribution in [2.75, 3.05) is 11.4 Å². The van der Waals surface area contributed by atoms with Gasteiger partial charge >= 0.3 is 13.2 Å². The largest absolute Gasteiger partial charge is 0.496 e.